The highest BCUT2D eigenvalue weighted by atomic mass is 32.2. The van der Waals surface area contributed by atoms with Gasteiger partial charge in [-0.15, -0.1) is 0 Å². The fourth-order valence-electron chi connectivity index (χ4n) is 4.84. The number of sulfonamides is 1. The lowest BCUT2D eigenvalue weighted by Gasteiger charge is -2.34. The second-order valence-electron chi connectivity index (χ2n) is 10.7. The number of ether oxygens (including phenoxy) is 1. The molecule has 43 heavy (non-hydrogen) atoms. The summed E-state index contributed by atoms with van der Waals surface area (Å²) in [6.07, 6.45) is -0.192. The molecule has 1 fully saturated rings. The summed E-state index contributed by atoms with van der Waals surface area (Å²) in [7, 11) is -3.34. The first-order valence-electron chi connectivity index (χ1n) is 14.2. The number of carbonyl (C=O) groups is 1. The number of amides is 2. The number of carbonyl (C=O) groups excluding carboxylic acids is 1. The van der Waals surface area contributed by atoms with Crippen molar-refractivity contribution in [3.63, 3.8) is 0 Å². The average Bonchev–Trinajstić information content (AvgIpc) is 2.95. The van der Waals surface area contributed by atoms with Crippen LogP contribution in [0, 0.1) is 0 Å². The number of piperidine rings is 1. The van der Waals surface area contributed by atoms with Crippen molar-refractivity contribution >= 4 is 27.4 Å². The molecule has 3 aromatic carbocycles. The van der Waals surface area contributed by atoms with Crippen LogP contribution in [0.2, 0.25) is 0 Å². The summed E-state index contributed by atoms with van der Waals surface area (Å²) in [5.74, 6) is 1.25. The molecular formula is C31H37F3N4O4S. The van der Waals surface area contributed by atoms with Gasteiger partial charge in [0, 0.05) is 43.6 Å². The molecule has 1 aliphatic rings. The Morgan fingerprint density at radius 2 is 1.53 bits per heavy atom. The quantitative estimate of drug-likeness (QED) is 0.245. The predicted octanol–water partition coefficient (Wildman–Crippen LogP) is 6.85. The van der Waals surface area contributed by atoms with Crippen molar-refractivity contribution in [2.24, 2.45) is 0 Å². The van der Waals surface area contributed by atoms with Crippen LogP contribution in [0.4, 0.5) is 29.3 Å². The Bertz CT molecular complexity index is 1440. The molecule has 0 aromatic heterocycles. The number of hydrogen-bond acceptors (Lipinski definition) is 5. The molecule has 4 rings (SSSR count). The van der Waals surface area contributed by atoms with Gasteiger partial charge in [0.1, 0.15) is 11.5 Å². The van der Waals surface area contributed by atoms with Crippen molar-refractivity contribution in [1.82, 2.24) is 10.2 Å². The van der Waals surface area contributed by atoms with Crippen LogP contribution in [-0.4, -0.2) is 51.3 Å². The molecule has 8 nitrogen and oxygen atoms in total. The van der Waals surface area contributed by atoms with E-state index in [4.69, 9.17) is 4.74 Å². The maximum absolute atomic E-state index is 13.1. The van der Waals surface area contributed by atoms with Crippen LogP contribution in [0.1, 0.15) is 43.7 Å². The first-order chi connectivity index (χ1) is 20.4. The van der Waals surface area contributed by atoms with Gasteiger partial charge in [-0.1, -0.05) is 25.5 Å². The van der Waals surface area contributed by atoms with E-state index in [0.29, 0.717) is 29.4 Å². The van der Waals surface area contributed by atoms with Gasteiger partial charge >= 0.3 is 12.2 Å². The number of rotatable bonds is 11. The van der Waals surface area contributed by atoms with Crippen LogP contribution in [0.25, 0.3) is 0 Å². The zero-order chi connectivity index (χ0) is 31.0. The molecule has 232 valence electrons. The lowest BCUT2D eigenvalue weighted by atomic mass is 10.0. The summed E-state index contributed by atoms with van der Waals surface area (Å²) < 4.78 is 70.0. The van der Waals surface area contributed by atoms with E-state index in [0.717, 1.165) is 69.3 Å². The summed E-state index contributed by atoms with van der Waals surface area (Å²) in [5, 5.41) is 3.09. The fraction of sp³-hybridized carbons (Fsp3) is 0.387. The number of benzene rings is 3. The molecule has 1 aliphatic heterocycles. The van der Waals surface area contributed by atoms with Crippen molar-refractivity contribution in [3.8, 4) is 11.5 Å². The van der Waals surface area contributed by atoms with E-state index in [2.05, 4.69) is 14.9 Å². The zero-order valence-electron chi connectivity index (χ0n) is 24.2. The Balaban J connectivity index is 1.25. The molecule has 0 aliphatic carbocycles. The number of nitrogens with one attached hydrogen (secondary N) is 2. The number of unbranched alkanes of at least 4 members (excludes halogenated alkanes) is 1. The van der Waals surface area contributed by atoms with E-state index < -0.39 is 21.8 Å². The number of halogens is 3. The van der Waals surface area contributed by atoms with E-state index in [1.165, 1.54) is 17.0 Å². The third-order valence-corrected chi connectivity index (χ3v) is 7.73. The SMILES string of the molecule is CCCCN(C(=O)NC1CCN(Cc2ccc(Oc3ccc(NS(C)(=O)=O)cc3)cc2)CC1)c1ccc(C(F)(F)F)cc1. The molecule has 2 amide bonds. The standard InChI is InChI=1S/C31H37F3N4O4S/c1-3-4-19-38(27-11-7-24(8-12-27)31(32,33)34)30(39)35-25-17-20-37(21-18-25)22-23-5-13-28(14-6-23)42-29-15-9-26(10-16-29)36-43(2,40)41/h5-16,25,36H,3-4,17-22H2,1-2H3,(H,35,39). The minimum absolute atomic E-state index is 0.0166. The molecule has 1 heterocycles. The zero-order valence-corrected chi connectivity index (χ0v) is 25.0. The van der Waals surface area contributed by atoms with Crippen LogP contribution < -0.4 is 19.7 Å². The Labute approximate surface area is 250 Å². The molecule has 0 atom stereocenters. The van der Waals surface area contributed by atoms with Crippen LogP contribution in [0.5, 0.6) is 11.5 Å². The molecule has 1 saturated heterocycles. The van der Waals surface area contributed by atoms with Crippen molar-refractivity contribution in [3.05, 3.63) is 83.9 Å². The Morgan fingerprint density at radius 1 is 0.953 bits per heavy atom. The lowest BCUT2D eigenvalue weighted by molar-refractivity contribution is -0.137. The van der Waals surface area contributed by atoms with E-state index in [1.807, 2.05) is 31.2 Å². The van der Waals surface area contributed by atoms with Gasteiger partial charge in [0.15, 0.2) is 0 Å². The van der Waals surface area contributed by atoms with Gasteiger partial charge < -0.3 is 10.1 Å². The smallest absolute Gasteiger partial charge is 0.416 e. The van der Waals surface area contributed by atoms with Gasteiger partial charge in [0.25, 0.3) is 0 Å². The first-order valence-corrected chi connectivity index (χ1v) is 16.1. The van der Waals surface area contributed by atoms with Crippen molar-refractivity contribution in [1.29, 1.82) is 0 Å². The highest BCUT2D eigenvalue weighted by molar-refractivity contribution is 7.92. The third kappa shape index (κ3) is 9.89. The number of likely N-dealkylation sites (tertiary alicyclic amines) is 1. The van der Waals surface area contributed by atoms with Crippen LogP contribution in [-0.2, 0) is 22.7 Å². The molecule has 0 bridgehead atoms. The first kappa shape index (κ1) is 32.2. The third-order valence-electron chi connectivity index (χ3n) is 7.12. The van der Waals surface area contributed by atoms with Crippen LogP contribution >= 0.6 is 0 Å². The monoisotopic (exact) mass is 618 g/mol. The van der Waals surface area contributed by atoms with Gasteiger partial charge in [-0.2, -0.15) is 13.2 Å². The number of nitrogens with zero attached hydrogens (tertiary/aromatic N) is 2. The molecule has 0 spiro atoms. The minimum atomic E-state index is -4.42. The van der Waals surface area contributed by atoms with Gasteiger partial charge in [0.2, 0.25) is 10.0 Å². The summed E-state index contributed by atoms with van der Waals surface area (Å²) in [6.45, 7) is 4.78. The summed E-state index contributed by atoms with van der Waals surface area (Å²) in [4.78, 5) is 17.0. The number of anilines is 2. The second-order valence-corrected chi connectivity index (χ2v) is 12.4. The maximum atomic E-state index is 13.1. The van der Waals surface area contributed by atoms with E-state index >= 15 is 0 Å². The molecule has 2 N–H and O–H groups in total. The molecule has 0 unspecified atom stereocenters. The number of hydrogen-bond donors (Lipinski definition) is 2. The summed E-state index contributed by atoms with van der Waals surface area (Å²) in [5.41, 5.74) is 1.29. The summed E-state index contributed by atoms with van der Waals surface area (Å²) in [6, 6.07) is 18.8. The fourth-order valence-corrected chi connectivity index (χ4v) is 5.41. The van der Waals surface area contributed by atoms with Gasteiger partial charge in [-0.3, -0.25) is 14.5 Å². The lowest BCUT2D eigenvalue weighted by Crippen LogP contribution is -2.49. The van der Waals surface area contributed by atoms with E-state index in [1.54, 1.807) is 24.3 Å². The van der Waals surface area contributed by atoms with Crippen molar-refractivity contribution in [2.75, 3.05) is 35.5 Å². The second kappa shape index (κ2) is 14.1. The topological polar surface area (TPSA) is 91.0 Å². The minimum Gasteiger partial charge on any atom is -0.457 e. The highest BCUT2D eigenvalue weighted by Crippen LogP contribution is 2.31. The Kier molecular flexibility index (Phi) is 10.6. The Hall–Kier alpha value is -3.77. The summed E-state index contributed by atoms with van der Waals surface area (Å²) >= 11 is 0. The van der Waals surface area contributed by atoms with Gasteiger partial charge in [-0.05, 0) is 85.5 Å². The van der Waals surface area contributed by atoms with Gasteiger partial charge in [-0.25, -0.2) is 13.2 Å². The number of urea groups is 1. The molecule has 3 aromatic rings. The van der Waals surface area contributed by atoms with Crippen molar-refractivity contribution in [2.45, 2.75) is 51.4 Å². The van der Waals surface area contributed by atoms with E-state index in [-0.39, 0.29) is 12.1 Å². The van der Waals surface area contributed by atoms with Crippen molar-refractivity contribution < 1.29 is 31.1 Å². The van der Waals surface area contributed by atoms with Crippen LogP contribution in [0.3, 0.4) is 0 Å². The molecule has 0 saturated carbocycles. The normalized spacial score (nSPS) is 14.7. The van der Waals surface area contributed by atoms with E-state index in [9.17, 15) is 26.4 Å². The molecule has 12 heteroatoms. The Morgan fingerprint density at radius 3 is 2.07 bits per heavy atom. The molecular weight excluding hydrogens is 581 g/mol. The largest absolute Gasteiger partial charge is 0.457 e. The number of alkyl halides is 3. The predicted molar refractivity (Wildman–Crippen MR) is 162 cm³/mol. The molecule has 0 radical (unpaired) electrons. The van der Waals surface area contributed by atoms with Crippen LogP contribution in [0.15, 0.2) is 72.8 Å². The average molecular weight is 619 g/mol. The highest BCUT2D eigenvalue weighted by Gasteiger charge is 2.30. The van der Waals surface area contributed by atoms with Gasteiger partial charge in [0.05, 0.1) is 11.8 Å². The maximum Gasteiger partial charge on any atom is 0.416 e.